The third-order valence-electron chi connectivity index (χ3n) is 4.62. The molecule has 1 fully saturated rings. The highest BCUT2D eigenvalue weighted by Crippen LogP contribution is 2.30. The predicted octanol–water partition coefficient (Wildman–Crippen LogP) is 2.08. The number of likely N-dealkylation sites (N-methyl/N-ethyl adjacent to an activating group) is 1. The normalized spacial score (nSPS) is 18.9. The summed E-state index contributed by atoms with van der Waals surface area (Å²) in [5.41, 5.74) is -1.11. The lowest BCUT2D eigenvalue weighted by Gasteiger charge is -2.23. The Labute approximate surface area is 164 Å². The average molecular weight is 402 g/mol. The monoisotopic (exact) mass is 402 g/mol. The number of nitro groups is 1. The van der Waals surface area contributed by atoms with E-state index in [0.29, 0.717) is 12.1 Å². The van der Waals surface area contributed by atoms with E-state index in [9.17, 15) is 24.5 Å². The second-order valence-electron chi connectivity index (χ2n) is 6.58. The molecule has 28 heavy (non-hydrogen) atoms. The first kappa shape index (κ1) is 19.5. The third-order valence-corrected chi connectivity index (χ3v) is 5.48. The van der Waals surface area contributed by atoms with Crippen molar-refractivity contribution in [3.63, 3.8) is 0 Å². The molecule has 0 radical (unpaired) electrons. The summed E-state index contributed by atoms with van der Waals surface area (Å²) in [6.45, 7) is 1.52. The van der Waals surface area contributed by atoms with Crippen LogP contribution in [0, 0.1) is 10.1 Å². The number of amides is 4. The van der Waals surface area contributed by atoms with Crippen molar-refractivity contribution in [2.75, 3.05) is 13.6 Å². The molecule has 3 rings (SSSR count). The molecule has 1 aliphatic heterocycles. The van der Waals surface area contributed by atoms with Crippen LogP contribution in [0.1, 0.15) is 17.4 Å². The number of rotatable bonds is 6. The molecule has 1 unspecified atom stereocenters. The van der Waals surface area contributed by atoms with E-state index in [1.54, 1.807) is 7.05 Å². The smallest absolute Gasteiger partial charge is 0.325 e. The van der Waals surface area contributed by atoms with Gasteiger partial charge in [-0.3, -0.25) is 24.6 Å². The minimum absolute atomic E-state index is 0.119. The summed E-state index contributed by atoms with van der Waals surface area (Å²) >= 11 is 1.51. The van der Waals surface area contributed by atoms with Gasteiger partial charge in [-0.05, 0) is 36.1 Å². The zero-order chi connectivity index (χ0) is 20.5. The Hall–Kier alpha value is -3.27. The van der Waals surface area contributed by atoms with Gasteiger partial charge in [0.05, 0.1) is 11.5 Å². The number of nitro benzene ring substituents is 1. The van der Waals surface area contributed by atoms with Gasteiger partial charge in [-0.25, -0.2) is 4.79 Å². The van der Waals surface area contributed by atoms with Crippen LogP contribution < -0.4 is 5.32 Å². The van der Waals surface area contributed by atoms with Gasteiger partial charge >= 0.3 is 6.03 Å². The van der Waals surface area contributed by atoms with Crippen LogP contribution in [0.3, 0.4) is 0 Å². The summed E-state index contributed by atoms with van der Waals surface area (Å²) in [6, 6.07) is 8.48. The molecular formula is C18H18N4O5S. The number of imide groups is 1. The van der Waals surface area contributed by atoms with Gasteiger partial charge in [-0.15, -0.1) is 11.3 Å². The minimum atomic E-state index is -1.39. The van der Waals surface area contributed by atoms with E-state index in [1.807, 2.05) is 17.5 Å². The van der Waals surface area contributed by atoms with Crippen molar-refractivity contribution >= 4 is 34.9 Å². The van der Waals surface area contributed by atoms with Crippen LogP contribution in [0.25, 0.3) is 0 Å². The SMILES string of the molecule is CN(Cc1cccs1)C(=O)CN1C(=O)NC(C)(c2ccc([N+](=O)[O-])cc2)C1=O. The molecule has 2 aromatic rings. The summed E-state index contributed by atoms with van der Waals surface area (Å²) in [4.78, 5) is 51.2. The Morgan fingerprint density at radius 1 is 1.29 bits per heavy atom. The van der Waals surface area contributed by atoms with Gasteiger partial charge in [-0.2, -0.15) is 0 Å². The van der Waals surface area contributed by atoms with Gasteiger partial charge in [-0.1, -0.05) is 6.07 Å². The van der Waals surface area contributed by atoms with Crippen molar-refractivity contribution in [2.24, 2.45) is 0 Å². The fraction of sp³-hybridized carbons (Fsp3) is 0.278. The molecule has 1 aliphatic rings. The molecule has 0 spiro atoms. The number of benzene rings is 1. The van der Waals surface area contributed by atoms with E-state index >= 15 is 0 Å². The van der Waals surface area contributed by atoms with Crippen LogP contribution in [-0.4, -0.2) is 46.2 Å². The molecule has 2 heterocycles. The Morgan fingerprint density at radius 3 is 2.54 bits per heavy atom. The molecular weight excluding hydrogens is 384 g/mol. The number of carbonyl (C=O) groups is 3. The minimum Gasteiger partial charge on any atom is -0.339 e. The van der Waals surface area contributed by atoms with E-state index in [0.717, 1.165) is 9.78 Å². The Kier molecular flexibility index (Phi) is 5.14. The van der Waals surface area contributed by atoms with Crippen molar-refractivity contribution in [1.29, 1.82) is 0 Å². The number of nitrogens with zero attached hydrogens (tertiary/aromatic N) is 3. The first-order valence-corrected chi connectivity index (χ1v) is 9.25. The zero-order valence-corrected chi connectivity index (χ0v) is 16.1. The first-order chi connectivity index (χ1) is 13.2. The van der Waals surface area contributed by atoms with Crippen LogP contribution in [0.5, 0.6) is 0 Å². The maximum absolute atomic E-state index is 12.9. The Bertz CT molecular complexity index is 928. The van der Waals surface area contributed by atoms with Gasteiger partial charge in [0.25, 0.3) is 11.6 Å². The van der Waals surface area contributed by atoms with Crippen LogP contribution in [-0.2, 0) is 21.7 Å². The fourth-order valence-corrected chi connectivity index (χ4v) is 3.69. The summed E-state index contributed by atoms with van der Waals surface area (Å²) < 4.78 is 0. The predicted molar refractivity (Wildman–Crippen MR) is 101 cm³/mol. The lowest BCUT2D eigenvalue weighted by Crippen LogP contribution is -2.43. The first-order valence-electron chi connectivity index (χ1n) is 8.38. The second kappa shape index (κ2) is 7.39. The number of hydrogen-bond donors (Lipinski definition) is 1. The molecule has 10 heteroatoms. The molecule has 0 aliphatic carbocycles. The molecule has 0 saturated carbocycles. The number of non-ortho nitro benzene ring substituents is 1. The molecule has 1 aromatic carbocycles. The molecule has 0 bridgehead atoms. The maximum Gasteiger partial charge on any atom is 0.325 e. The quantitative estimate of drug-likeness (QED) is 0.452. The standard InChI is InChI=1S/C18H18N4O5S/c1-18(12-5-7-13(8-6-12)22(26)27)16(24)21(17(25)19-18)11-15(23)20(2)10-14-4-3-9-28-14/h3-9H,10-11H2,1-2H3,(H,19,25). The molecule has 1 aromatic heterocycles. The van der Waals surface area contributed by atoms with Gasteiger partial charge < -0.3 is 10.2 Å². The van der Waals surface area contributed by atoms with Crippen molar-refractivity contribution in [3.8, 4) is 0 Å². The molecule has 1 atom stereocenters. The average Bonchev–Trinajstić information content (AvgIpc) is 3.24. The highest BCUT2D eigenvalue weighted by atomic mass is 32.1. The number of nitrogens with one attached hydrogen (secondary N) is 1. The maximum atomic E-state index is 12.9. The number of thiophene rings is 1. The molecule has 1 saturated heterocycles. The van der Waals surface area contributed by atoms with Crippen LogP contribution >= 0.6 is 11.3 Å². The van der Waals surface area contributed by atoms with Crippen LogP contribution in [0.2, 0.25) is 0 Å². The molecule has 9 nitrogen and oxygen atoms in total. The van der Waals surface area contributed by atoms with Crippen molar-refractivity contribution in [1.82, 2.24) is 15.1 Å². The summed E-state index contributed by atoms with van der Waals surface area (Å²) in [6.07, 6.45) is 0. The zero-order valence-electron chi connectivity index (χ0n) is 15.2. The second-order valence-corrected chi connectivity index (χ2v) is 7.61. The molecule has 1 N–H and O–H groups in total. The van der Waals surface area contributed by atoms with Gasteiger partial charge in [0.2, 0.25) is 5.91 Å². The van der Waals surface area contributed by atoms with Crippen molar-refractivity contribution in [3.05, 3.63) is 62.3 Å². The van der Waals surface area contributed by atoms with Crippen LogP contribution in [0.4, 0.5) is 10.5 Å². The van der Waals surface area contributed by atoms with Crippen LogP contribution in [0.15, 0.2) is 41.8 Å². The topological polar surface area (TPSA) is 113 Å². The van der Waals surface area contributed by atoms with E-state index in [1.165, 1.54) is 47.4 Å². The molecule has 4 amide bonds. The summed E-state index contributed by atoms with van der Waals surface area (Å²) in [7, 11) is 1.61. The van der Waals surface area contributed by atoms with E-state index < -0.39 is 22.4 Å². The Balaban J connectivity index is 1.73. The fourth-order valence-electron chi connectivity index (χ4n) is 2.93. The highest BCUT2D eigenvalue weighted by Gasteiger charge is 2.49. The van der Waals surface area contributed by atoms with Gasteiger partial charge in [0.15, 0.2) is 0 Å². The summed E-state index contributed by atoms with van der Waals surface area (Å²) in [5, 5.41) is 15.3. The molecule has 146 valence electrons. The van der Waals surface area contributed by atoms with E-state index in [-0.39, 0.29) is 18.1 Å². The van der Waals surface area contributed by atoms with E-state index in [4.69, 9.17) is 0 Å². The van der Waals surface area contributed by atoms with Crippen molar-refractivity contribution < 1.29 is 19.3 Å². The van der Waals surface area contributed by atoms with Gasteiger partial charge in [0, 0.05) is 24.1 Å². The lowest BCUT2D eigenvalue weighted by molar-refractivity contribution is -0.384. The third kappa shape index (κ3) is 3.58. The van der Waals surface area contributed by atoms with E-state index in [2.05, 4.69) is 5.32 Å². The Morgan fingerprint density at radius 2 is 1.96 bits per heavy atom. The number of urea groups is 1. The van der Waals surface area contributed by atoms with Gasteiger partial charge in [0.1, 0.15) is 12.1 Å². The number of carbonyl (C=O) groups excluding carboxylic acids is 3. The lowest BCUT2D eigenvalue weighted by atomic mass is 9.92. The largest absolute Gasteiger partial charge is 0.339 e. The van der Waals surface area contributed by atoms with Crippen molar-refractivity contribution in [2.45, 2.75) is 19.0 Å². The summed E-state index contributed by atoms with van der Waals surface area (Å²) in [5.74, 6) is -0.950. The highest BCUT2D eigenvalue weighted by molar-refractivity contribution is 7.09. The number of hydrogen-bond acceptors (Lipinski definition) is 6.